The van der Waals surface area contributed by atoms with Crippen molar-refractivity contribution in [3.63, 3.8) is 0 Å². The van der Waals surface area contributed by atoms with Gasteiger partial charge in [0, 0.05) is 6.04 Å². The maximum Gasteiger partial charge on any atom is 0.417 e. The molecular formula is C7H12F3NO. The number of hydrogen-bond acceptors (Lipinski definition) is 2. The largest absolute Gasteiger partial charge is 0.417 e. The molecule has 0 radical (unpaired) electrons. The Morgan fingerprint density at radius 2 is 1.67 bits per heavy atom. The van der Waals surface area contributed by atoms with E-state index < -0.39 is 11.8 Å². The van der Waals surface area contributed by atoms with Gasteiger partial charge in [0.1, 0.15) is 0 Å². The second-order valence-electron chi connectivity index (χ2n) is 3.37. The van der Waals surface area contributed by atoms with Gasteiger partial charge in [-0.2, -0.15) is 13.2 Å². The van der Waals surface area contributed by atoms with Gasteiger partial charge in [0.25, 0.3) is 0 Å². The zero-order chi connectivity index (χ0) is 9.41. The Balaban J connectivity index is 2.62. The summed E-state index contributed by atoms with van der Waals surface area (Å²) in [6.45, 7) is 0. The highest BCUT2D eigenvalue weighted by molar-refractivity contribution is 4.92. The highest BCUT2D eigenvalue weighted by atomic mass is 19.4. The maximum absolute atomic E-state index is 12.2. The average Bonchev–Trinajstić information content (AvgIpc) is 1.93. The summed E-state index contributed by atoms with van der Waals surface area (Å²) in [7, 11) is 0. The van der Waals surface area contributed by atoms with Gasteiger partial charge < -0.3 is 10.8 Å². The Morgan fingerprint density at radius 1 is 1.25 bits per heavy atom. The zero-order valence-electron chi connectivity index (χ0n) is 6.56. The second kappa shape index (κ2) is 2.88. The Bertz CT molecular complexity index is 161. The first-order valence-corrected chi connectivity index (χ1v) is 3.90. The predicted molar refractivity (Wildman–Crippen MR) is 37.4 cm³/mol. The van der Waals surface area contributed by atoms with Gasteiger partial charge in [-0.15, -0.1) is 0 Å². The van der Waals surface area contributed by atoms with Crippen molar-refractivity contribution in [3.05, 3.63) is 0 Å². The second-order valence-corrected chi connectivity index (χ2v) is 3.37. The topological polar surface area (TPSA) is 46.2 Å². The number of rotatable bonds is 0. The van der Waals surface area contributed by atoms with Crippen molar-refractivity contribution in [2.45, 2.75) is 43.5 Å². The minimum Gasteiger partial charge on any atom is -0.380 e. The SMILES string of the molecule is N[C@H]1CC[C@@](O)(C(F)(F)F)CC1. The molecule has 0 spiro atoms. The van der Waals surface area contributed by atoms with E-state index in [1.807, 2.05) is 0 Å². The van der Waals surface area contributed by atoms with Crippen molar-refractivity contribution in [3.8, 4) is 0 Å². The van der Waals surface area contributed by atoms with Crippen LogP contribution in [-0.4, -0.2) is 22.9 Å². The molecule has 1 rings (SSSR count). The zero-order valence-corrected chi connectivity index (χ0v) is 6.56. The summed E-state index contributed by atoms with van der Waals surface area (Å²) >= 11 is 0. The first-order valence-electron chi connectivity index (χ1n) is 3.90. The molecule has 1 saturated carbocycles. The molecule has 0 amide bonds. The van der Waals surface area contributed by atoms with Gasteiger partial charge in [-0.3, -0.25) is 0 Å². The quantitative estimate of drug-likeness (QED) is 0.592. The van der Waals surface area contributed by atoms with Crippen LogP contribution in [0.4, 0.5) is 13.2 Å². The van der Waals surface area contributed by atoms with E-state index in [-0.39, 0.29) is 31.7 Å². The standard InChI is InChI=1S/C7H12F3NO/c8-7(9,10)6(12)3-1-5(11)2-4-6/h5,12H,1-4,11H2/t5-,6-. The predicted octanol–water partition coefficient (Wildman–Crippen LogP) is 1.18. The number of nitrogens with two attached hydrogens (primary N) is 1. The van der Waals surface area contributed by atoms with Crippen molar-refractivity contribution >= 4 is 0 Å². The summed E-state index contributed by atoms with van der Waals surface area (Å²) in [4.78, 5) is 0. The van der Waals surface area contributed by atoms with Gasteiger partial charge in [0.05, 0.1) is 0 Å². The van der Waals surface area contributed by atoms with E-state index in [0.717, 1.165) is 0 Å². The number of hydrogen-bond donors (Lipinski definition) is 2. The molecule has 0 aromatic carbocycles. The lowest BCUT2D eigenvalue weighted by molar-refractivity contribution is -0.270. The Morgan fingerprint density at radius 3 is 2.00 bits per heavy atom. The number of aliphatic hydroxyl groups is 1. The van der Waals surface area contributed by atoms with Gasteiger partial charge in [-0.05, 0) is 25.7 Å². The number of halogens is 3. The molecule has 0 aliphatic heterocycles. The van der Waals surface area contributed by atoms with Crippen molar-refractivity contribution in [2.75, 3.05) is 0 Å². The summed E-state index contributed by atoms with van der Waals surface area (Å²) in [5, 5.41) is 9.14. The molecule has 0 bridgehead atoms. The van der Waals surface area contributed by atoms with Crippen molar-refractivity contribution in [2.24, 2.45) is 5.73 Å². The van der Waals surface area contributed by atoms with Gasteiger partial charge >= 0.3 is 6.18 Å². The average molecular weight is 183 g/mol. The summed E-state index contributed by atoms with van der Waals surface area (Å²) in [5.74, 6) is 0. The van der Waals surface area contributed by atoms with Crippen LogP contribution in [0, 0.1) is 0 Å². The minimum atomic E-state index is -4.51. The van der Waals surface area contributed by atoms with E-state index in [9.17, 15) is 13.2 Å². The third-order valence-corrected chi connectivity index (χ3v) is 2.39. The smallest absolute Gasteiger partial charge is 0.380 e. The van der Waals surface area contributed by atoms with E-state index >= 15 is 0 Å². The maximum atomic E-state index is 12.2. The van der Waals surface area contributed by atoms with Crippen molar-refractivity contribution in [1.29, 1.82) is 0 Å². The van der Waals surface area contributed by atoms with E-state index in [1.54, 1.807) is 0 Å². The molecule has 0 heterocycles. The molecule has 0 unspecified atom stereocenters. The van der Waals surface area contributed by atoms with Gasteiger partial charge in [-0.25, -0.2) is 0 Å². The molecule has 5 heteroatoms. The Labute approximate surface area is 68.6 Å². The van der Waals surface area contributed by atoms with Crippen molar-refractivity contribution in [1.82, 2.24) is 0 Å². The van der Waals surface area contributed by atoms with E-state index in [2.05, 4.69) is 0 Å². The van der Waals surface area contributed by atoms with Crippen LogP contribution in [0.25, 0.3) is 0 Å². The summed E-state index contributed by atoms with van der Waals surface area (Å²) in [5.41, 5.74) is 2.94. The monoisotopic (exact) mass is 183 g/mol. The fourth-order valence-corrected chi connectivity index (χ4v) is 1.40. The molecule has 0 aromatic heterocycles. The van der Waals surface area contributed by atoms with Crippen LogP contribution >= 0.6 is 0 Å². The Kier molecular flexibility index (Phi) is 2.35. The van der Waals surface area contributed by atoms with Crippen LogP contribution in [0.1, 0.15) is 25.7 Å². The molecule has 1 aliphatic rings. The van der Waals surface area contributed by atoms with E-state index in [4.69, 9.17) is 10.8 Å². The van der Waals surface area contributed by atoms with Crippen LogP contribution in [0.2, 0.25) is 0 Å². The van der Waals surface area contributed by atoms with E-state index in [0.29, 0.717) is 0 Å². The molecule has 72 valence electrons. The third kappa shape index (κ3) is 1.72. The molecule has 1 aliphatic carbocycles. The van der Waals surface area contributed by atoms with E-state index in [1.165, 1.54) is 0 Å². The summed E-state index contributed by atoms with van der Waals surface area (Å²) in [6.07, 6.45) is -4.55. The molecule has 0 atom stereocenters. The highest BCUT2D eigenvalue weighted by Gasteiger charge is 2.54. The fraction of sp³-hybridized carbons (Fsp3) is 1.00. The Hall–Kier alpha value is -0.290. The normalized spacial score (nSPS) is 38.2. The molecule has 3 N–H and O–H groups in total. The van der Waals surface area contributed by atoms with Crippen LogP contribution < -0.4 is 5.73 Å². The lowest BCUT2D eigenvalue weighted by atomic mass is 9.82. The van der Waals surface area contributed by atoms with Crippen LogP contribution in [-0.2, 0) is 0 Å². The minimum absolute atomic E-state index is 0.187. The summed E-state index contributed by atoms with van der Waals surface area (Å²) in [6, 6.07) is -0.187. The van der Waals surface area contributed by atoms with Gasteiger partial charge in [0.15, 0.2) is 5.60 Å². The highest BCUT2D eigenvalue weighted by Crippen LogP contribution is 2.40. The molecule has 2 nitrogen and oxygen atoms in total. The molecule has 12 heavy (non-hydrogen) atoms. The molecular weight excluding hydrogens is 171 g/mol. The van der Waals surface area contributed by atoms with Crippen LogP contribution in [0.15, 0.2) is 0 Å². The first kappa shape index (κ1) is 9.80. The van der Waals surface area contributed by atoms with Crippen LogP contribution in [0.3, 0.4) is 0 Å². The van der Waals surface area contributed by atoms with Crippen LogP contribution in [0.5, 0.6) is 0 Å². The number of alkyl halides is 3. The molecule has 0 saturated heterocycles. The first-order chi connectivity index (χ1) is 5.35. The molecule has 1 fully saturated rings. The lowest BCUT2D eigenvalue weighted by Gasteiger charge is -2.35. The summed E-state index contributed by atoms with van der Waals surface area (Å²) < 4.78 is 36.5. The third-order valence-electron chi connectivity index (χ3n) is 2.39. The van der Waals surface area contributed by atoms with Gasteiger partial charge in [-0.1, -0.05) is 0 Å². The lowest BCUT2D eigenvalue weighted by Crippen LogP contribution is -2.49. The van der Waals surface area contributed by atoms with Crippen molar-refractivity contribution < 1.29 is 18.3 Å². The van der Waals surface area contributed by atoms with Gasteiger partial charge in [0.2, 0.25) is 0 Å². The molecule has 0 aromatic rings. The fourth-order valence-electron chi connectivity index (χ4n) is 1.40.